The summed E-state index contributed by atoms with van der Waals surface area (Å²) in [7, 11) is 0. The van der Waals surface area contributed by atoms with Crippen LogP contribution in [0.25, 0.3) is 0 Å². The minimum Gasteiger partial charge on any atom is -0.481 e. The van der Waals surface area contributed by atoms with E-state index in [0.717, 1.165) is 77.0 Å². The quantitative estimate of drug-likeness (QED) is 0.0715. The maximum atomic E-state index is 13.1. The van der Waals surface area contributed by atoms with Crippen molar-refractivity contribution in [3.63, 3.8) is 0 Å². The van der Waals surface area contributed by atoms with E-state index in [1.54, 1.807) is 0 Å². The van der Waals surface area contributed by atoms with Crippen LogP contribution in [0.1, 0.15) is 141 Å². The summed E-state index contributed by atoms with van der Waals surface area (Å²) in [4.78, 5) is 20.3. The van der Waals surface area contributed by atoms with Crippen molar-refractivity contribution in [2.75, 3.05) is 0 Å². The summed E-state index contributed by atoms with van der Waals surface area (Å²) >= 11 is 0. The number of unbranched alkanes of at least 4 members (excludes halogenated alkanes) is 5. The molecule has 0 unspecified atom stereocenters. The highest BCUT2D eigenvalue weighted by molar-refractivity contribution is 5.66. The van der Waals surface area contributed by atoms with Gasteiger partial charge >= 0.3 is 11.9 Å². The second-order valence-corrected chi connectivity index (χ2v) is 14.5. The monoisotopic (exact) mass is 723 g/mol. The fraction of sp³-hybridized carbons (Fsp3) is 0.591. The molecule has 0 saturated carbocycles. The van der Waals surface area contributed by atoms with Crippen molar-refractivity contribution < 1.29 is 30.2 Å². The van der Waals surface area contributed by atoms with Crippen molar-refractivity contribution in [2.24, 2.45) is 0 Å². The van der Waals surface area contributed by atoms with Gasteiger partial charge in [-0.1, -0.05) is 74.3 Å². The molecular weight excluding hydrogens is 652 g/mol. The lowest BCUT2D eigenvalue weighted by Gasteiger charge is -2.52. The van der Waals surface area contributed by atoms with Gasteiger partial charge < -0.3 is 10.2 Å². The van der Waals surface area contributed by atoms with Crippen LogP contribution in [0.2, 0.25) is 0 Å². The molecule has 52 heavy (non-hydrogen) atoms. The molecular formula is C44H70N2O6. The summed E-state index contributed by atoms with van der Waals surface area (Å²) in [6.45, 7) is 30.5. The van der Waals surface area contributed by atoms with Crippen LogP contribution in [-0.4, -0.2) is 54.4 Å². The van der Waals surface area contributed by atoms with Crippen LogP contribution in [0.15, 0.2) is 101 Å². The highest BCUT2D eigenvalue weighted by atomic mass is 16.5. The Bertz CT molecular complexity index is 952. The average molecular weight is 723 g/mol. The van der Waals surface area contributed by atoms with Crippen LogP contribution in [0.3, 0.4) is 0 Å². The molecule has 0 aromatic carbocycles. The second kappa shape index (κ2) is 26.5. The largest absolute Gasteiger partial charge is 0.481 e. The molecule has 0 bridgehead atoms. The Balaban J connectivity index is 0.000000762. The van der Waals surface area contributed by atoms with Crippen LogP contribution in [0, 0.1) is 0 Å². The Kier molecular flexibility index (Phi) is 24.8. The number of hydrogen-bond acceptors (Lipinski definition) is 4. The smallest absolute Gasteiger partial charge is 0.303 e. The molecule has 2 fully saturated rings. The van der Waals surface area contributed by atoms with E-state index in [0.29, 0.717) is 51.4 Å². The molecule has 2 saturated heterocycles. The molecule has 0 aromatic heterocycles. The molecule has 2 heterocycles. The normalized spacial score (nSPS) is 18.4. The molecule has 2 aliphatic rings. The number of aliphatic carboxylic acids is 2. The zero-order valence-corrected chi connectivity index (χ0v) is 32.3. The van der Waals surface area contributed by atoms with Crippen molar-refractivity contribution >= 4 is 11.9 Å². The van der Waals surface area contributed by atoms with E-state index in [4.69, 9.17) is 10.2 Å². The van der Waals surface area contributed by atoms with Crippen LogP contribution < -0.4 is 0 Å². The fourth-order valence-electron chi connectivity index (χ4n) is 8.13. The molecule has 2 N–H and O–H groups in total. The van der Waals surface area contributed by atoms with Crippen LogP contribution in [-0.2, 0) is 20.0 Å². The van der Waals surface area contributed by atoms with Gasteiger partial charge in [-0.3, -0.25) is 9.59 Å². The molecule has 2 radical (unpaired) electrons. The van der Waals surface area contributed by atoms with Gasteiger partial charge in [0.2, 0.25) is 0 Å². The third kappa shape index (κ3) is 15.4. The van der Waals surface area contributed by atoms with Gasteiger partial charge in [-0.05, 0) is 103 Å². The highest BCUT2D eigenvalue weighted by Gasteiger charge is 2.51. The van der Waals surface area contributed by atoms with Gasteiger partial charge in [0.15, 0.2) is 0 Å². The number of carboxylic acids is 2. The number of hydroxylamine groups is 4. The maximum absolute atomic E-state index is 13.1. The summed E-state index contributed by atoms with van der Waals surface area (Å²) in [5, 5.41) is 45.5. The van der Waals surface area contributed by atoms with Gasteiger partial charge in [-0.15, -0.1) is 73.2 Å². The minimum atomic E-state index is -0.740. The molecule has 0 atom stereocenters. The summed E-state index contributed by atoms with van der Waals surface area (Å²) in [5.74, 6) is -1.48. The molecule has 8 heteroatoms. The standard InChI is InChI=1S/2C17H26NO.C10H18O4/c2*1-5-10-16(11-6-2)14-9-15-17(12-7-3,13-8-4)18(16)19;11-9(12)7-5-3-1-2-4-6-8-10(13)14/h2*5-8H,1-4,9-15H2;1-8H2,(H,11,12)(H,13,14). The Morgan fingerprint density at radius 2 is 0.615 bits per heavy atom. The number of rotatable bonds is 25. The number of carbonyl (C=O) groups is 2. The lowest BCUT2D eigenvalue weighted by Crippen LogP contribution is -2.60. The summed E-state index contributed by atoms with van der Waals surface area (Å²) in [6, 6.07) is 0. The first-order valence-corrected chi connectivity index (χ1v) is 19.1. The summed E-state index contributed by atoms with van der Waals surface area (Å²) < 4.78 is 0. The van der Waals surface area contributed by atoms with Crippen molar-refractivity contribution in [1.29, 1.82) is 0 Å². The zero-order chi connectivity index (χ0) is 39.5. The zero-order valence-electron chi connectivity index (χ0n) is 32.3. The van der Waals surface area contributed by atoms with E-state index in [1.165, 1.54) is 10.1 Å². The third-order valence-corrected chi connectivity index (χ3v) is 10.5. The van der Waals surface area contributed by atoms with Gasteiger partial charge in [0.05, 0.1) is 22.2 Å². The highest BCUT2D eigenvalue weighted by Crippen LogP contribution is 2.47. The first kappa shape index (κ1) is 48.7. The first-order chi connectivity index (χ1) is 24.8. The molecule has 2 rings (SSSR count). The van der Waals surface area contributed by atoms with Gasteiger partial charge in [0.1, 0.15) is 0 Å². The second-order valence-electron chi connectivity index (χ2n) is 14.5. The van der Waals surface area contributed by atoms with E-state index in [1.807, 2.05) is 48.6 Å². The van der Waals surface area contributed by atoms with Gasteiger partial charge in [-0.25, -0.2) is 0 Å². The molecule has 2 aliphatic heterocycles. The molecule has 0 aromatic rings. The fourth-order valence-corrected chi connectivity index (χ4v) is 8.13. The number of carboxylic acid groups (broad SMARTS) is 2. The van der Waals surface area contributed by atoms with Crippen LogP contribution in [0.4, 0.5) is 0 Å². The molecule has 0 spiro atoms. The lowest BCUT2D eigenvalue weighted by atomic mass is 9.72. The van der Waals surface area contributed by atoms with Gasteiger partial charge in [-0.2, -0.15) is 0 Å². The minimum absolute atomic E-state index is 0.245. The van der Waals surface area contributed by atoms with E-state index in [9.17, 15) is 20.0 Å². The number of piperidine rings is 2. The van der Waals surface area contributed by atoms with Gasteiger partial charge in [0.25, 0.3) is 0 Å². The first-order valence-electron chi connectivity index (χ1n) is 19.1. The maximum Gasteiger partial charge on any atom is 0.303 e. The molecule has 0 amide bonds. The van der Waals surface area contributed by atoms with E-state index < -0.39 is 11.9 Å². The number of hydrogen-bond donors (Lipinski definition) is 2. The Morgan fingerprint density at radius 1 is 0.423 bits per heavy atom. The predicted octanol–water partition coefficient (Wildman–Crippen LogP) is 11.5. The summed E-state index contributed by atoms with van der Waals surface area (Å²) in [5.41, 5.74) is -1.52. The van der Waals surface area contributed by atoms with Gasteiger partial charge in [0, 0.05) is 12.8 Å². The Labute approximate surface area is 316 Å². The van der Waals surface area contributed by atoms with E-state index in [-0.39, 0.29) is 35.0 Å². The van der Waals surface area contributed by atoms with E-state index in [2.05, 4.69) is 52.6 Å². The number of nitrogens with zero attached hydrogens (tertiary/aromatic N) is 2. The Hall–Kier alpha value is -3.30. The van der Waals surface area contributed by atoms with Crippen LogP contribution in [0.5, 0.6) is 0 Å². The SMILES string of the molecule is C=CCC1(CC=C)CCCC(CC=C)(CC=C)N1[O].C=CCC1(CC=C)CCCC(CC=C)(CC=C)N1[O].O=C(O)CCCCCCCCC(=O)O. The van der Waals surface area contributed by atoms with Crippen molar-refractivity contribution in [3.05, 3.63) is 101 Å². The molecule has 0 aliphatic carbocycles. The average Bonchev–Trinajstić information content (AvgIpc) is 3.09. The van der Waals surface area contributed by atoms with Crippen LogP contribution >= 0.6 is 0 Å². The van der Waals surface area contributed by atoms with Crippen molar-refractivity contribution in [3.8, 4) is 0 Å². The van der Waals surface area contributed by atoms with E-state index >= 15 is 0 Å². The summed E-state index contributed by atoms with van der Waals surface area (Å²) in [6.07, 6.45) is 32.1. The molecule has 8 nitrogen and oxygen atoms in total. The topological polar surface area (TPSA) is 121 Å². The predicted molar refractivity (Wildman–Crippen MR) is 214 cm³/mol. The molecule has 292 valence electrons. The Morgan fingerprint density at radius 3 is 0.788 bits per heavy atom. The third-order valence-electron chi connectivity index (χ3n) is 10.5. The van der Waals surface area contributed by atoms with Crippen molar-refractivity contribution in [2.45, 2.75) is 163 Å². The van der Waals surface area contributed by atoms with Crippen molar-refractivity contribution in [1.82, 2.24) is 10.1 Å². The lowest BCUT2D eigenvalue weighted by molar-refractivity contribution is -0.302.